The lowest BCUT2D eigenvalue weighted by Crippen LogP contribution is -2.31. The Hall–Kier alpha value is -2.04. The molecule has 0 fully saturated rings. The van der Waals surface area contributed by atoms with Crippen LogP contribution in [0, 0.1) is 5.92 Å². The second kappa shape index (κ2) is 9.96. The van der Waals surface area contributed by atoms with E-state index in [1.165, 1.54) is 7.11 Å². The molecule has 0 spiro atoms. The molecule has 0 radical (unpaired) electrons. The molecule has 0 heterocycles. The van der Waals surface area contributed by atoms with E-state index in [1.54, 1.807) is 6.07 Å². The molecule has 0 aromatic heterocycles. The van der Waals surface area contributed by atoms with Crippen LogP contribution in [-0.2, 0) is 9.53 Å². The summed E-state index contributed by atoms with van der Waals surface area (Å²) in [6, 6.07) is 5.55. The number of carbonyl (C=O) groups excluding carboxylic acids is 2. The highest BCUT2D eigenvalue weighted by atomic mass is 16.5. The van der Waals surface area contributed by atoms with Gasteiger partial charge in [-0.1, -0.05) is 40.2 Å². The van der Waals surface area contributed by atoms with Crippen molar-refractivity contribution in [2.45, 2.75) is 46.5 Å². The fourth-order valence-corrected chi connectivity index (χ4v) is 2.23. The normalized spacial score (nSPS) is 11.9. The van der Waals surface area contributed by atoms with Crippen molar-refractivity contribution in [1.29, 1.82) is 0 Å². The Balaban J connectivity index is 2.84. The molecular weight excluding hydrogens is 306 g/mol. The quantitative estimate of drug-likeness (QED) is 0.701. The molecule has 1 amide bonds. The van der Waals surface area contributed by atoms with E-state index in [4.69, 9.17) is 4.74 Å². The number of carbonyl (C=O) groups is 2. The van der Waals surface area contributed by atoms with E-state index in [1.807, 2.05) is 26.0 Å². The molecule has 1 N–H and O–H groups in total. The molecule has 0 aliphatic carbocycles. The van der Waals surface area contributed by atoms with Gasteiger partial charge >= 0.3 is 5.97 Å². The Morgan fingerprint density at radius 3 is 2.50 bits per heavy atom. The molecule has 1 aromatic rings. The van der Waals surface area contributed by atoms with Crippen LogP contribution in [0.1, 0.15) is 62.4 Å². The van der Waals surface area contributed by atoms with Crippen LogP contribution in [0.25, 0.3) is 0 Å². The van der Waals surface area contributed by atoms with E-state index < -0.39 is 5.97 Å². The summed E-state index contributed by atoms with van der Waals surface area (Å²) >= 11 is 0. The number of rotatable bonds is 9. The average molecular weight is 335 g/mol. The van der Waals surface area contributed by atoms with Crippen LogP contribution in [0.4, 0.5) is 0 Å². The summed E-state index contributed by atoms with van der Waals surface area (Å²) in [5, 5.41) is 2.59. The minimum Gasteiger partial charge on any atom is -0.494 e. The summed E-state index contributed by atoms with van der Waals surface area (Å²) in [4.78, 5) is 23.6. The molecular formula is C19H29NO4. The van der Waals surface area contributed by atoms with Gasteiger partial charge < -0.3 is 14.8 Å². The zero-order valence-electron chi connectivity index (χ0n) is 15.3. The van der Waals surface area contributed by atoms with E-state index in [0.717, 1.165) is 18.4 Å². The van der Waals surface area contributed by atoms with Crippen LogP contribution in [0.15, 0.2) is 18.2 Å². The van der Waals surface area contributed by atoms with Gasteiger partial charge in [0.15, 0.2) is 0 Å². The molecule has 0 saturated carbocycles. The highest BCUT2D eigenvalue weighted by Crippen LogP contribution is 2.24. The first-order valence-electron chi connectivity index (χ1n) is 8.50. The first kappa shape index (κ1) is 20.0. The van der Waals surface area contributed by atoms with Crippen LogP contribution in [-0.4, -0.2) is 32.1 Å². The number of esters is 1. The van der Waals surface area contributed by atoms with Gasteiger partial charge in [-0.3, -0.25) is 9.59 Å². The summed E-state index contributed by atoms with van der Waals surface area (Å²) in [5.74, 6) is 0.707. The fraction of sp³-hybridized carbons (Fsp3) is 0.579. The minimum absolute atomic E-state index is 0.147. The molecule has 0 saturated heterocycles. The Morgan fingerprint density at radius 2 is 1.92 bits per heavy atom. The molecule has 134 valence electrons. The maximum Gasteiger partial charge on any atom is 0.325 e. The standard InChI is InChI=1S/C19H29NO4/c1-6-14(4)9-10-24-15-7-8-16(13(2)3)17(11-15)19(22)20-12-18(21)23-5/h7-8,11,13-14H,6,9-10,12H2,1-5H3,(H,20,22). The van der Waals surface area contributed by atoms with Crippen molar-refractivity contribution in [2.24, 2.45) is 5.92 Å². The summed E-state index contributed by atoms with van der Waals surface area (Å²) in [6.07, 6.45) is 2.10. The van der Waals surface area contributed by atoms with Crippen molar-refractivity contribution in [1.82, 2.24) is 5.32 Å². The van der Waals surface area contributed by atoms with Gasteiger partial charge in [-0.05, 0) is 36.0 Å². The number of benzene rings is 1. The predicted octanol–water partition coefficient (Wildman–Crippen LogP) is 3.53. The van der Waals surface area contributed by atoms with E-state index in [2.05, 4.69) is 23.9 Å². The Bertz CT molecular complexity index is 554. The third-order valence-electron chi connectivity index (χ3n) is 4.09. The summed E-state index contributed by atoms with van der Waals surface area (Å²) < 4.78 is 10.3. The molecule has 1 unspecified atom stereocenters. The van der Waals surface area contributed by atoms with E-state index in [9.17, 15) is 9.59 Å². The van der Waals surface area contributed by atoms with Crippen LogP contribution in [0.2, 0.25) is 0 Å². The maximum atomic E-state index is 12.4. The van der Waals surface area contributed by atoms with E-state index in [0.29, 0.717) is 23.8 Å². The van der Waals surface area contributed by atoms with Crippen LogP contribution >= 0.6 is 0 Å². The Kier molecular flexibility index (Phi) is 8.30. The molecule has 0 bridgehead atoms. The van der Waals surface area contributed by atoms with Crippen molar-refractivity contribution in [3.05, 3.63) is 29.3 Å². The van der Waals surface area contributed by atoms with Gasteiger partial charge in [0.2, 0.25) is 0 Å². The molecule has 0 aliphatic rings. The lowest BCUT2D eigenvalue weighted by atomic mass is 9.96. The second-order valence-corrected chi connectivity index (χ2v) is 6.31. The monoisotopic (exact) mass is 335 g/mol. The maximum absolute atomic E-state index is 12.4. The molecule has 1 aromatic carbocycles. The fourth-order valence-electron chi connectivity index (χ4n) is 2.23. The smallest absolute Gasteiger partial charge is 0.325 e. The SMILES string of the molecule is CCC(C)CCOc1ccc(C(C)C)c(C(=O)NCC(=O)OC)c1. The summed E-state index contributed by atoms with van der Waals surface area (Å²) in [5.41, 5.74) is 1.46. The first-order valence-corrected chi connectivity index (χ1v) is 8.50. The van der Waals surface area contributed by atoms with Crippen LogP contribution in [0.5, 0.6) is 5.75 Å². The molecule has 24 heavy (non-hydrogen) atoms. The largest absolute Gasteiger partial charge is 0.494 e. The molecule has 5 nitrogen and oxygen atoms in total. The van der Waals surface area contributed by atoms with E-state index >= 15 is 0 Å². The van der Waals surface area contributed by atoms with Crippen molar-refractivity contribution in [2.75, 3.05) is 20.3 Å². The molecule has 1 rings (SSSR count). The summed E-state index contributed by atoms with van der Waals surface area (Å²) in [6.45, 7) is 8.87. The van der Waals surface area contributed by atoms with Gasteiger partial charge in [-0.15, -0.1) is 0 Å². The predicted molar refractivity (Wildman–Crippen MR) is 94.4 cm³/mol. The lowest BCUT2D eigenvalue weighted by Gasteiger charge is -2.15. The average Bonchev–Trinajstić information content (AvgIpc) is 2.58. The van der Waals surface area contributed by atoms with Crippen molar-refractivity contribution >= 4 is 11.9 Å². The Labute approximate surface area is 144 Å². The number of ether oxygens (including phenoxy) is 2. The van der Waals surface area contributed by atoms with Crippen molar-refractivity contribution in [3.8, 4) is 5.75 Å². The number of hydrogen-bond acceptors (Lipinski definition) is 4. The third kappa shape index (κ3) is 6.22. The second-order valence-electron chi connectivity index (χ2n) is 6.31. The minimum atomic E-state index is -0.476. The highest BCUT2D eigenvalue weighted by Gasteiger charge is 2.16. The molecule has 0 aliphatic heterocycles. The first-order chi connectivity index (χ1) is 11.4. The lowest BCUT2D eigenvalue weighted by molar-refractivity contribution is -0.139. The number of hydrogen-bond donors (Lipinski definition) is 1. The Morgan fingerprint density at radius 1 is 1.21 bits per heavy atom. The van der Waals surface area contributed by atoms with Gasteiger partial charge in [0.1, 0.15) is 12.3 Å². The van der Waals surface area contributed by atoms with Gasteiger partial charge in [0, 0.05) is 5.56 Å². The number of methoxy groups -OCH3 is 1. The van der Waals surface area contributed by atoms with Gasteiger partial charge in [-0.25, -0.2) is 0 Å². The van der Waals surface area contributed by atoms with Crippen LogP contribution < -0.4 is 10.1 Å². The number of nitrogens with one attached hydrogen (secondary N) is 1. The highest BCUT2D eigenvalue weighted by molar-refractivity contribution is 5.97. The number of amides is 1. The van der Waals surface area contributed by atoms with Crippen molar-refractivity contribution in [3.63, 3.8) is 0 Å². The van der Waals surface area contributed by atoms with Gasteiger partial charge in [-0.2, -0.15) is 0 Å². The van der Waals surface area contributed by atoms with Crippen LogP contribution in [0.3, 0.4) is 0 Å². The zero-order chi connectivity index (χ0) is 18.1. The zero-order valence-corrected chi connectivity index (χ0v) is 15.3. The van der Waals surface area contributed by atoms with Gasteiger partial charge in [0.05, 0.1) is 13.7 Å². The van der Waals surface area contributed by atoms with Crippen molar-refractivity contribution < 1.29 is 19.1 Å². The molecule has 1 atom stereocenters. The van der Waals surface area contributed by atoms with Gasteiger partial charge in [0.25, 0.3) is 5.91 Å². The third-order valence-corrected chi connectivity index (χ3v) is 4.09. The topological polar surface area (TPSA) is 64.6 Å². The molecule has 5 heteroatoms. The van der Waals surface area contributed by atoms with E-state index in [-0.39, 0.29) is 18.4 Å². The summed E-state index contributed by atoms with van der Waals surface area (Å²) in [7, 11) is 1.29.